The molecule has 0 bridgehead atoms. The highest BCUT2D eigenvalue weighted by Crippen LogP contribution is 2.31. The Balaban J connectivity index is 0.00000625. The van der Waals surface area contributed by atoms with Crippen molar-refractivity contribution in [3.05, 3.63) is 48.0 Å². The first-order valence-corrected chi connectivity index (χ1v) is 10.4. The molecule has 0 saturated carbocycles. The van der Waals surface area contributed by atoms with Gasteiger partial charge in [0.2, 0.25) is 0 Å². The standard InChI is InChI=1S/C25H40.CH4/c1-7-22-17-23(8-2)19-25(18-22)24(15-11-9-13-20(3)4)16-12-10-14-21(5)6;/h7-8,17-21,24H,1-2,9-16H2,3-6H3;1H4. The fraction of sp³-hybridized carbons (Fsp3) is 0.615. The minimum absolute atomic E-state index is 0. The maximum absolute atomic E-state index is 3.96. The number of hydrogen-bond donors (Lipinski definition) is 0. The van der Waals surface area contributed by atoms with Crippen molar-refractivity contribution in [3.8, 4) is 0 Å². The number of benzene rings is 1. The quantitative estimate of drug-likeness (QED) is 0.309. The van der Waals surface area contributed by atoms with Gasteiger partial charge < -0.3 is 0 Å². The van der Waals surface area contributed by atoms with Crippen LogP contribution in [0.25, 0.3) is 12.2 Å². The minimum Gasteiger partial charge on any atom is -0.0985 e. The van der Waals surface area contributed by atoms with Crippen LogP contribution in [-0.2, 0) is 0 Å². The second-order valence-corrected chi connectivity index (χ2v) is 8.39. The van der Waals surface area contributed by atoms with E-state index in [0.717, 1.165) is 11.8 Å². The molecule has 0 saturated heterocycles. The fourth-order valence-electron chi connectivity index (χ4n) is 3.54. The maximum Gasteiger partial charge on any atom is -0.0162 e. The summed E-state index contributed by atoms with van der Waals surface area (Å²) in [5.41, 5.74) is 3.94. The largest absolute Gasteiger partial charge is 0.0985 e. The van der Waals surface area contributed by atoms with Crippen LogP contribution in [0.4, 0.5) is 0 Å². The van der Waals surface area contributed by atoms with Gasteiger partial charge in [-0.15, -0.1) is 0 Å². The average molecular weight is 357 g/mol. The third-order valence-corrected chi connectivity index (χ3v) is 5.11. The molecule has 26 heavy (non-hydrogen) atoms. The van der Waals surface area contributed by atoms with Crippen LogP contribution < -0.4 is 0 Å². The number of rotatable bonds is 13. The predicted octanol–water partition coefficient (Wildman–Crippen LogP) is 9.13. The lowest BCUT2D eigenvalue weighted by Crippen LogP contribution is -2.02. The minimum atomic E-state index is 0. The highest BCUT2D eigenvalue weighted by atomic mass is 14.2. The zero-order valence-electron chi connectivity index (χ0n) is 17.2. The van der Waals surface area contributed by atoms with Crippen molar-refractivity contribution in [1.82, 2.24) is 0 Å². The Morgan fingerprint density at radius 3 is 1.42 bits per heavy atom. The lowest BCUT2D eigenvalue weighted by molar-refractivity contribution is 0.459. The first-order valence-electron chi connectivity index (χ1n) is 10.4. The van der Waals surface area contributed by atoms with Crippen LogP contribution in [0.3, 0.4) is 0 Å². The molecule has 0 aromatic heterocycles. The Kier molecular flexibility index (Phi) is 13.2. The molecule has 0 radical (unpaired) electrons. The summed E-state index contributed by atoms with van der Waals surface area (Å²) in [6.07, 6.45) is 14.7. The second kappa shape index (κ2) is 13.8. The molecule has 0 unspecified atom stereocenters. The Morgan fingerprint density at radius 2 is 1.08 bits per heavy atom. The molecular weight excluding hydrogens is 312 g/mol. The molecule has 0 N–H and O–H groups in total. The van der Waals surface area contributed by atoms with Crippen molar-refractivity contribution in [2.75, 3.05) is 0 Å². The zero-order chi connectivity index (χ0) is 18.7. The summed E-state index contributed by atoms with van der Waals surface area (Å²) >= 11 is 0. The van der Waals surface area contributed by atoms with Crippen molar-refractivity contribution in [1.29, 1.82) is 0 Å². The Hall–Kier alpha value is -1.30. The lowest BCUT2D eigenvalue weighted by Gasteiger charge is -2.19. The molecule has 0 amide bonds. The summed E-state index contributed by atoms with van der Waals surface area (Å²) in [6, 6.07) is 6.86. The Bertz CT molecular complexity index is 465. The fourth-order valence-corrected chi connectivity index (χ4v) is 3.54. The van der Waals surface area contributed by atoms with E-state index in [1.54, 1.807) is 0 Å². The molecule has 0 spiro atoms. The predicted molar refractivity (Wildman–Crippen MR) is 123 cm³/mol. The van der Waals surface area contributed by atoms with Crippen LogP contribution in [0.15, 0.2) is 31.4 Å². The number of unbranched alkanes of at least 4 members (excludes halogenated alkanes) is 2. The highest BCUT2D eigenvalue weighted by Gasteiger charge is 2.13. The van der Waals surface area contributed by atoms with Gasteiger partial charge in [0.25, 0.3) is 0 Å². The summed E-state index contributed by atoms with van der Waals surface area (Å²) in [7, 11) is 0. The summed E-state index contributed by atoms with van der Waals surface area (Å²) < 4.78 is 0. The van der Waals surface area contributed by atoms with Crippen molar-refractivity contribution in [2.24, 2.45) is 11.8 Å². The third kappa shape index (κ3) is 10.00. The summed E-state index contributed by atoms with van der Waals surface area (Å²) in [5, 5.41) is 0. The van der Waals surface area contributed by atoms with Crippen LogP contribution in [0.5, 0.6) is 0 Å². The van der Waals surface area contributed by atoms with Gasteiger partial charge >= 0.3 is 0 Å². The van der Waals surface area contributed by atoms with E-state index in [9.17, 15) is 0 Å². The lowest BCUT2D eigenvalue weighted by atomic mass is 9.86. The first-order chi connectivity index (χ1) is 12.0. The van der Waals surface area contributed by atoms with Gasteiger partial charge in [-0.3, -0.25) is 0 Å². The van der Waals surface area contributed by atoms with Gasteiger partial charge in [-0.1, -0.05) is 111 Å². The second-order valence-electron chi connectivity index (χ2n) is 8.39. The molecule has 1 aromatic carbocycles. The van der Waals surface area contributed by atoms with E-state index in [1.807, 2.05) is 12.2 Å². The van der Waals surface area contributed by atoms with Crippen LogP contribution in [0.2, 0.25) is 0 Å². The van der Waals surface area contributed by atoms with Gasteiger partial charge in [-0.05, 0) is 53.4 Å². The van der Waals surface area contributed by atoms with Crippen molar-refractivity contribution in [2.45, 2.75) is 92.4 Å². The van der Waals surface area contributed by atoms with Crippen LogP contribution >= 0.6 is 0 Å². The Morgan fingerprint density at radius 1 is 0.692 bits per heavy atom. The maximum atomic E-state index is 3.96. The highest BCUT2D eigenvalue weighted by molar-refractivity contribution is 5.58. The molecule has 0 fully saturated rings. The van der Waals surface area contributed by atoms with E-state index >= 15 is 0 Å². The molecule has 1 rings (SSSR count). The van der Waals surface area contributed by atoms with Crippen molar-refractivity contribution < 1.29 is 0 Å². The van der Waals surface area contributed by atoms with Gasteiger partial charge in [0.05, 0.1) is 0 Å². The first kappa shape index (κ1) is 24.7. The molecule has 0 heteroatoms. The van der Waals surface area contributed by atoms with E-state index in [-0.39, 0.29) is 7.43 Å². The smallest absolute Gasteiger partial charge is 0.0162 e. The molecular formula is C26H44. The van der Waals surface area contributed by atoms with Crippen LogP contribution in [0.1, 0.15) is 109 Å². The van der Waals surface area contributed by atoms with E-state index in [4.69, 9.17) is 0 Å². The molecule has 148 valence electrons. The summed E-state index contributed by atoms with van der Waals surface area (Å²) in [5.74, 6) is 2.32. The summed E-state index contributed by atoms with van der Waals surface area (Å²) in [4.78, 5) is 0. The van der Waals surface area contributed by atoms with Gasteiger partial charge in [-0.2, -0.15) is 0 Å². The van der Waals surface area contributed by atoms with Gasteiger partial charge in [0.1, 0.15) is 0 Å². The van der Waals surface area contributed by atoms with Gasteiger partial charge in [-0.25, -0.2) is 0 Å². The zero-order valence-corrected chi connectivity index (χ0v) is 17.2. The van der Waals surface area contributed by atoms with E-state index in [1.165, 1.54) is 68.1 Å². The van der Waals surface area contributed by atoms with E-state index in [2.05, 4.69) is 59.1 Å². The van der Waals surface area contributed by atoms with Crippen molar-refractivity contribution >= 4 is 12.2 Å². The number of hydrogen-bond acceptors (Lipinski definition) is 0. The van der Waals surface area contributed by atoms with Crippen LogP contribution in [-0.4, -0.2) is 0 Å². The van der Waals surface area contributed by atoms with Gasteiger partial charge in [0, 0.05) is 0 Å². The topological polar surface area (TPSA) is 0 Å². The van der Waals surface area contributed by atoms with Gasteiger partial charge in [0.15, 0.2) is 0 Å². The Labute approximate surface area is 164 Å². The molecule has 1 aromatic rings. The van der Waals surface area contributed by atoms with Crippen LogP contribution in [0, 0.1) is 11.8 Å². The third-order valence-electron chi connectivity index (χ3n) is 5.11. The van der Waals surface area contributed by atoms with Crippen molar-refractivity contribution in [3.63, 3.8) is 0 Å². The normalized spacial score (nSPS) is 11.0. The molecule has 0 atom stereocenters. The van der Waals surface area contributed by atoms with E-state index in [0.29, 0.717) is 5.92 Å². The molecule has 0 aliphatic rings. The monoisotopic (exact) mass is 356 g/mol. The molecule has 0 aliphatic carbocycles. The van der Waals surface area contributed by atoms with E-state index < -0.39 is 0 Å². The molecule has 0 heterocycles. The molecule has 0 nitrogen and oxygen atoms in total. The summed E-state index contributed by atoms with van der Waals surface area (Å²) in [6.45, 7) is 17.2. The molecule has 0 aliphatic heterocycles. The SMILES string of the molecule is C.C=Cc1cc(C=C)cc(C(CCCCC(C)C)CCCCC(C)C)c1. The average Bonchev–Trinajstić information content (AvgIpc) is 2.59.